The van der Waals surface area contributed by atoms with E-state index in [-0.39, 0.29) is 0 Å². The SMILES string of the molecule is CCCCCCN1CCC(C(C)(C)C)CCC1=O. The van der Waals surface area contributed by atoms with Crippen LogP contribution in [0.4, 0.5) is 0 Å². The first-order valence-electron chi connectivity index (χ1n) is 7.73. The second-order valence-electron chi connectivity index (χ2n) is 6.83. The highest BCUT2D eigenvalue weighted by Gasteiger charge is 2.29. The van der Waals surface area contributed by atoms with Gasteiger partial charge in [0.2, 0.25) is 5.91 Å². The molecular formula is C16H31NO. The predicted molar refractivity (Wildman–Crippen MR) is 77.5 cm³/mol. The molecule has 106 valence electrons. The second-order valence-corrected chi connectivity index (χ2v) is 6.83. The molecule has 1 atom stereocenters. The third kappa shape index (κ3) is 4.99. The molecule has 0 aromatic carbocycles. The lowest BCUT2D eigenvalue weighted by Crippen LogP contribution is -2.31. The Labute approximate surface area is 113 Å². The Morgan fingerprint density at radius 2 is 1.89 bits per heavy atom. The van der Waals surface area contributed by atoms with E-state index in [9.17, 15) is 4.79 Å². The Kier molecular flexibility index (Phi) is 6.17. The molecule has 0 aromatic rings. The van der Waals surface area contributed by atoms with E-state index in [1.165, 1.54) is 32.1 Å². The third-order valence-corrected chi connectivity index (χ3v) is 4.31. The van der Waals surface area contributed by atoms with Crippen molar-refractivity contribution in [2.75, 3.05) is 13.1 Å². The van der Waals surface area contributed by atoms with Crippen molar-refractivity contribution in [1.82, 2.24) is 4.90 Å². The summed E-state index contributed by atoms with van der Waals surface area (Å²) in [7, 11) is 0. The van der Waals surface area contributed by atoms with Crippen LogP contribution in [0.1, 0.15) is 72.6 Å². The summed E-state index contributed by atoms with van der Waals surface area (Å²) >= 11 is 0. The fraction of sp³-hybridized carbons (Fsp3) is 0.938. The highest BCUT2D eigenvalue weighted by Crippen LogP contribution is 2.34. The zero-order valence-electron chi connectivity index (χ0n) is 12.8. The number of nitrogens with zero attached hydrogens (tertiary/aromatic N) is 1. The van der Waals surface area contributed by atoms with Crippen LogP contribution in [0.3, 0.4) is 0 Å². The molecular weight excluding hydrogens is 222 g/mol. The van der Waals surface area contributed by atoms with Gasteiger partial charge in [-0.25, -0.2) is 0 Å². The third-order valence-electron chi connectivity index (χ3n) is 4.31. The summed E-state index contributed by atoms with van der Waals surface area (Å²) in [6.07, 6.45) is 8.03. The molecule has 0 radical (unpaired) electrons. The summed E-state index contributed by atoms with van der Waals surface area (Å²) in [5.41, 5.74) is 0.346. The molecule has 1 heterocycles. The van der Waals surface area contributed by atoms with Crippen molar-refractivity contribution >= 4 is 5.91 Å². The van der Waals surface area contributed by atoms with E-state index in [2.05, 4.69) is 32.6 Å². The number of carbonyl (C=O) groups excluding carboxylic acids is 1. The Bertz CT molecular complexity index is 254. The maximum atomic E-state index is 12.1. The van der Waals surface area contributed by atoms with Gasteiger partial charge in [0.1, 0.15) is 0 Å². The van der Waals surface area contributed by atoms with Crippen LogP contribution in [-0.4, -0.2) is 23.9 Å². The van der Waals surface area contributed by atoms with Gasteiger partial charge in [0.25, 0.3) is 0 Å². The first-order valence-corrected chi connectivity index (χ1v) is 7.73. The minimum absolute atomic E-state index is 0.346. The minimum Gasteiger partial charge on any atom is -0.343 e. The van der Waals surface area contributed by atoms with Crippen molar-refractivity contribution in [3.05, 3.63) is 0 Å². The summed E-state index contributed by atoms with van der Waals surface area (Å²) in [6, 6.07) is 0. The van der Waals surface area contributed by atoms with Crippen molar-refractivity contribution in [1.29, 1.82) is 0 Å². The van der Waals surface area contributed by atoms with Gasteiger partial charge in [0.05, 0.1) is 0 Å². The molecule has 1 rings (SSSR count). The van der Waals surface area contributed by atoms with E-state index >= 15 is 0 Å². The summed E-state index contributed by atoms with van der Waals surface area (Å²) < 4.78 is 0. The van der Waals surface area contributed by atoms with E-state index in [4.69, 9.17) is 0 Å². The van der Waals surface area contributed by atoms with Crippen molar-refractivity contribution in [2.24, 2.45) is 11.3 Å². The molecule has 1 aliphatic rings. The molecule has 2 heteroatoms. The summed E-state index contributed by atoms with van der Waals surface area (Å²) in [6.45, 7) is 11.1. The summed E-state index contributed by atoms with van der Waals surface area (Å²) in [4.78, 5) is 14.2. The predicted octanol–water partition coefficient (Wildman–Crippen LogP) is 4.24. The largest absolute Gasteiger partial charge is 0.343 e. The van der Waals surface area contributed by atoms with Crippen LogP contribution in [0.15, 0.2) is 0 Å². The molecule has 2 nitrogen and oxygen atoms in total. The van der Waals surface area contributed by atoms with Gasteiger partial charge < -0.3 is 4.90 Å². The average Bonchev–Trinajstić information content (AvgIpc) is 2.47. The molecule has 1 fully saturated rings. The van der Waals surface area contributed by atoms with Gasteiger partial charge in [0, 0.05) is 19.5 Å². The first kappa shape index (κ1) is 15.5. The van der Waals surface area contributed by atoms with Gasteiger partial charge in [-0.3, -0.25) is 4.79 Å². The standard InChI is InChI=1S/C16H31NO/c1-5-6-7-8-12-17-13-11-14(16(2,3)4)9-10-15(17)18/h14H,5-13H2,1-4H3. The number of amides is 1. The number of hydrogen-bond acceptors (Lipinski definition) is 1. The number of unbranched alkanes of at least 4 members (excludes halogenated alkanes) is 3. The normalized spacial score (nSPS) is 22.1. The van der Waals surface area contributed by atoms with Gasteiger partial charge in [-0.2, -0.15) is 0 Å². The first-order chi connectivity index (χ1) is 8.45. The van der Waals surface area contributed by atoms with E-state index in [1.807, 2.05) is 0 Å². The molecule has 18 heavy (non-hydrogen) atoms. The minimum atomic E-state index is 0.346. The molecule has 0 N–H and O–H groups in total. The van der Waals surface area contributed by atoms with E-state index in [0.29, 0.717) is 17.2 Å². The Morgan fingerprint density at radius 1 is 1.17 bits per heavy atom. The molecule has 1 saturated heterocycles. The second kappa shape index (κ2) is 7.16. The number of likely N-dealkylation sites (tertiary alicyclic amines) is 1. The van der Waals surface area contributed by atoms with E-state index in [0.717, 1.165) is 25.9 Å². The average molecular weight is 253 g/mol. The van der Waals surface area contributed by atoms with Crippen LogP contribution in [0, 0.1) is 11.3 Å². The molecule has 0 bridgehead atoms. The van der Waals surface area contributed by atoms with Crippen LogP contribution in [0.5, 0.6) is 0 Å². The number of carbonyl (C=O) groups is 1. The van der Waals surface area contributed by atoms with Gasteiger partial charge in [-0.15, -0.1) is 0 Å². The summed E-state index contributed by atoms with van der Waals surface area (Å²) in [5, 5.41) is 0. The zero-order valence-corrected chi connectivity index (χ0v) is 12.8. The molecule has 1 aliphatic heterocycles. The Balaban J connectivity index is 2.39. The monoisotopic (exact) mass is 253 g/mol. The van der Waals surface area contributed by atoms with Gasteiger partial charge in [-0.1, -0.05) is 47.0 Å². The maximum absolute atomic E-state index is 12.1. The Morgan fingerprint density at radius 3 is 2.50 bits per heavy atom. The lowest BCUT2D eigenvalue weighted by atomic mass is 9.77. The lowest BCUT2D eigenvalue weighted by molar-refractivity contribution is -0.130. The van der Waals surface area contributed by atoms with Gasteiger partial charge >= 0.3 is 0 Å². The van der Waals surface area contributed by atoms with Crippen LogP contribution in [-0.2, 0) is 4.79 Å². The van der Waals surface area contributed by atoms with Gasteiger partial charge in [0.15, 0.2) is 0 Å². The molecule has 0 spiro atoms. The van der Waals surface area contributed by atoms with Crippen LogP contribution in [0.25, 0.3) is 0 Å². The Hall–Kier alpha value is -0.530. The van der Waals surface area contributed by atoms with Crippen LogP contribution >= 0.6 is 0 Å². The lowest BCUT2D eigenvalue weighted by Gasteiger charge is -2.29. The molecule has 1 amide bonds. The van der Waals surface area contributed by atoms with Gasteiger partial charge in [-0.05, 0) is 30.6 Å². The van der Waals surface area contributed by atoms with Crippen molar-refractivity contribution in [2.45, 2.75) is 72.6 Å². The smallest absolute Gasteiger partial charge is 0.222 e. The van der Waals surface area contributed by atoms with Crippen molar-refractivity contribution < 1.29 is 4.79 Å². The highest BCUT2D eigenvalue weighted by molar-refractivity contribution is 5.76. The fourth-order valence-electron chi connectivity index (χ4n) is 2.87. The molecule has 0 aromatic heterocycles. The molecule has 0 aliphatic carbocycles. The van der Waals surface area contributed by atoms with E-state index in [1.54, 1.807) is 0 Å². The van der Waals surface area contributed by atoms with E-state index < -0.39 is 0 Å². The van der Waals surface area contributed by atoms with Crippen LogP contribution in [0.2, 0.25) is 0 Å². The summed E-state index contributed by atoms with van der Waals surface area (Å²) in [5.74, 6) is 1.08. The fourth-order valence-corrected chi connectivity index (χ4v) is 2.87. The van der Waals surface area contributed by atoms with Crippen molar-refractivity contribution in [3.63, 3.8) is 0 Å². The number of hydrogen-bond donors (Lipinski definition) is 0. The van der Waals surface area contributed by atoms with Crippen molar-refractivity contribution in [3.8, 4) is 0 Å². The quantitative estimate of drug-likeness (QED) is 0.671. The zero-order chi connectivity index (χ0) is 13.6. The highest BCUT2D eigenvalue weighted by atomic mass is 16.2. The molecule has 0 saturated carbocycles. The van der Waals surface area contributed by atoms with Crippen LogP contribution < -0.4 is 0 Å². The maximum Gasteiger partial charge on any atom is 0.222 e. The topological polar surface area (TPSA) is 20.3 Å². The number of rotatable bonds is 5. The molecule has 1 unspecified atom stereocenters.